The van der Waals surface area contributed by atoms with Gasteiger partial charge in [-0.1, -0.05) is 57.2 Å². The highest BCUT2D eigenvalue weighted by Crippen LogP contribution is 1.86. The van der Waals surface area contributed by atoms with Crippen LogP contribution < -0.4 is 0 Å². The summed E-state index contributed by atoms with van der Waals surface area (Å²) in [5.41, 5.74) is 0.870. The summed E-state index contributed by atoms with van der Waals surface area (Å²) in [6.45, 7) is 17.2. The Morgan fingerprint density at radius 3 is 1.10 bits per heavy atom. The fourth-order valence-corrected chi connectivity index (χ4v) is 0.0833. The summed E-state index contributed by atoms with van der Waals surface area (Å²) in [5.74, 6) is 0. The van der Waals surface area contributed by atoms with Gasteiger partial charge in [0.2, 0.25) is 0 Å². The summed E-state index contributed by atoms with van der Waals surface area (Å²) in [4.78, 5) is 0. The van der Waals surface area contributed by atoms with E-state index in [9.17, 15) is 0 Å². The average molecular weight is 134 g/mol. The highest BCUT2D eigenvalue weighted by molar-refractivity contribution is 5.22. The standard InChI is InChI=1S/C6H8.C4H6/c1-4-6(3)5-2;1-3-4-2/h4-5H,1-3H2;3-4H,1-2H2. The number of rotatable bonds is 3. The van der Waals surface area contributed by atoms with Gasteiger partial charge in [-0.3, -0.25) is 0 Å². The van der Waals surface area contributed by atoms with Gasteiger partial charge in [0.1, 0.15) is 0 Å². The molecule has 0 aromatic heterocycles. The first-order valence-electron chi connectivity index (χ1n) is 2.90. The summed E-state index contributed by atoms with van der Waals surface area (Å²) in [6, 6.07) is 0. The zero-order valence-electron chi connectivity index (χ0n) is 6.34. The second-order valence-corrected chi connectivity index (χ2v) is 1.45. The molecule has 0 unspecified atom stereocenters. The maximum Gasteiger partial charge on any atom is -0.0340 e. The molecular weight excluding hydrogens is 120 g/mol. The first kappa shape index (κ1) is 11.5. The van der Waals surface area contributed by atoms with Crippen LogP contribution in [0, 0.1) is 0 Å². The molecule has 10 heavy (non-hydrogen) atoms. The van der Waals surface area contributed by atoms with E-state index in [1.807, 2.05) is 0 Å². The van der Waals surface area contributed by atoms with Crippen molar-refractivity contribution < 1.29 is 0 Å². The normalized spacial score (nSPS) is 6.00. The van der Waals surface area contributed by atoms with E-state index in [0.717, 1.165) is 5.57 Å². The van der Waals surface area contributed by atoms with Crippen LogP contribution in [-0.2, 0) is 0 Å². The van der Waals surface area contributed by atoms with Gasteiger partial charge in [0.05, 0.1) is 0 Å². The Morgan fingerprint density at radius 2 is 1.10 bits per heavy atom. The first-order chi connectivity index (χ1) is 4.72. The van der Waals surface area contributed by atoms with E-state index in [0.29, 0.717) is 0 Å². The smallest absolute Gasteiger partial charge is 0.0340 e. The molecule has 0 aliphatic rings. The highest BCUT2D eigenvalue weighted by atomic mass is 13.7. The Morgan fingerprint density at radius 1 is 0.800 bits per heavy atom. The lowest BCUT2D eigenvalue weighted by atomic mass is 10.3. The topological polar surface area (TPSA) is 0 Å². The molecule has 0 N–H and O–H groups in total. The lowest BCUT2D eigenvalue weighted by Gasteiger charge is -1.76. The van der Waals surface area contributed by atoms with Crippen molar-refractivity contribution in [2.75, 3.05) is 0 Å². The molecule has 0 fully saturated rings. The lowest BCUT2D eigenvalue weighted by molar-refractivity contribution is 1.81. The quantitative estimate of drug-likeness (QED) is 0.520. The molecule has 0 aromatic carbocycles. The number of allylic oxidation sites excluding steroid dienone is 5. The van der Waals surface area contributed by atoms with E-state index in [2.05, 4.69) is 32.9 Å². The van der Waals surface area contributed by atoms with Gasteiger partial charge in [-0.05, 0) is 5.57 Å². The molecule has 0 atom stereocenters. The van der Waals surface area contributed by atoms with Crippen LogP contribution in [0.25, 0.3) is 0 Å². The van der Waals surface area contributed by atoms with Gasteiger partial charge in [-0.25, -0.2) is 0 Å². The zero-order valence-corrected chi connectivity index (χ0v) is 6.34. The van der Waals surface area contributed by atoms with Crippen LogP contribution in [0.1, 0.15) is 0 Å². The Bertz CT molecular complexity index is 122. The van der Waals surface area contributed by atoms with E-state index >= 15 is 0 Å². The fourth-order valence-electron chi connectivity index (χ4n) is 0.0833. The second kappa shape index (κ2) is 10.6. The second-order valence-electron chi connectivity index (χ2n) is 1.45. The zero-order chi connectivity index (χ0) is 8.41. The van der Waals surface area contributed by atoms with Gasteiger partial charge in [0, 0.05) is 0 Å². The third-order valence-corrected chi connectivity index (χ3v) is 0.691. The van der Waals surface area contributed by atoms with Crippen molar-refractivity contribution in [3.8, 4) is 0 Å². The van der Waals surface area contributed by atoms with Crippen LogP contribution in [0.15, 0.2) is 62.8 Å². The monoisotopic (exact) mass is 134 g/mol. The van der Waals surface area contributed by atoms with Gasteiger partial charge in [-0.2, -0.15) is 0 Å². The predicted octanol–water partition coefficient (Wildman–Crippen LogP) is 3.27. The molecule has 0 spiro atoms. The van der Waals surface area contributed by atoms with Gasteiger partial charge in [-0.15, -0.1) is 0 Å². The predicted molar refractivity (Wildman–Crippen MR) is 49.9 cm³/mol. The van der Waals surface area contributed by atoms with Crippen LogP contribution >= 0.6 is 0 Å². The molecule has 0 bridgehead atoms. The molecule has 0 amide bonds. The summed E-state index contributed by atoms with van der Waals surface area (Å²) in [5, 5.41) is 0. The number of hydrogen-bond acceptors (Lipinski definition) is 0. The minimum absolute atomic E-state index is 0.870. The van der Waals surface area contributed by atoms with Crippen LogP contribution in [-0.4, -0.2) is 0 Å². The Balaban J connectivity index is 0. The van der Waals surface area contributed by atoms with E-state index in [4.69, 9.17) is 0 Å². The first-order valence-corrected chi connectivity index (χ1v) is 2.90. The van der Waals surface area contributed by atoms with Crippen molar-refractivity contribution in [2.24, 2.45) is 0 Å². The van der Waals surface area contributed by atoms with Gasteiger partial charge in [0.15, 0.2) is 0 Å². The maximum atomic E-state index is 3.56. The van der Waals surface area contributed by atoms with Crippen LogP contribution in [0.5, 0.6) is 0 Å². The van der Waals surface area contributed by atoms with Gasteiger partial charge >= 0.3 is 0 Å². The third kappa shape index (κ3) is 15.9. The lowest BCUT2D eigenvalue weighted by Crippen LogP contribution is -1.55. The fraction of sp³-hybridized carbons (Fsp3) is 0. The highest BCUT2D eigenvalue weighted by Gasteiger charge is 1.65. The average Bonchev–Trinajstić information content (AvgIpc) is 2.03. The minimum atomic E-state index is 0.870. The summed E-state index contributed by atoms with van der Waals surface area (Å²) in [7, 11) is 0. The SMILES string of the molecule is C=CC(=C)C=C.C=CC=C. The molecule has 0 aromatic rings. The molecule has 0 aliphatic carbocycles. The molecule has 0 heterocycles. The Kier molecular flexibility index (Phi) is 12.2. The maximum absolute atomic E-state index is 3.56. The van der Waals surface area contributed by atoms with Crippen molar-refractivity contribution in [1.29, 1.82) is 0 Å². The van der Waals surface area contributed by atoms with Crippen LogP contribution in [0.4, 0.5) is 0 Å². The van der Waals surface area contributed by atoms with E-state index in [-0.39, 0.29) is 0 Å². The summed E-state index contributed by atoms with van der Waals surface area (Å²) in [6.07, 6.45) is 6.60. The molecule has 0 nitrogen and oxygen atoms in total. The van der Waals surface area contributed by atoms with Crippen LogP contribution in [0.3, 0.4) is 0 Å². The Labute approximate surface area is 63.6 Å². The Hall–Kier alpha value is -1.30. The van der Waals surface area contributed by atoms with Crippen LogP contribution in [0.2, 0.25) is 0 Å². The number of hydrogen-bond donors (Lipinski definition) is 0. The molecule has 0 aliphatic heterocycles. The third-order valence-electron chi connectivity index (χ3n) is 0.691. The van der Waals surface area contributed by atoms with Crippen molar-refractivity contribution in [2.45, 2.75) is 0 Å². The van der Waals surface area contributed by atoms with E-state index in [1.165, 1.54) is 0 Å². The van der Waals surface area contributed by atoms with Crippen molar-refractivity contribution in [3.05, 3.63) is 62.8 Å². The van der Waals surface area contributed by atoms with Crippen molar-refractivity contribution in [3.63, 3.8) is 0 Å². The molecule has 0 radical (unpaired) electrons. The molecule has 0 rings (SSSR count). The summed E-state index contributed by atoms with van der Waals surface area (Å²) < 4.78 is 0. The molecular formula is C10H14. The van der Waals surface area contributed by atoms with Crippen molar-refractivity contribution in [1.82, 2.24) is 0 Å². The molecule has 0 saturated heterocycles. The van der Waals surface area contributed by atoms with Gasteiger partial charge in [0.25, 0.3) is 0 Å². The van der Waals surface area contributed by atoms with Crippen molar-refractivity contribution >= 4 is 0 Å². The van der Waals surface area contributed by atoms with Gasteiger partial charge < -0.3 is 0 Å². The summed E-state index contributed by atoms with van der Waals surface area (Å²) >= 11 is 0. The van der Waals surface area contributed by atoms with E-state index < -0.39 is 0 Å². The van der Waals surface area contributed by atoms with E-state index in [1.54, 1.807) is 24.3 Å². The minimum Gasteiger partial charge on any atom is -0.0991 e. The molecule has 0 saturated carbocycles. The largest absolute Gasteiger partial charge is 0.0991 e. The molecule has 54 valence electrons. The molecule has 0 heteroatoms.